The van der Waals surface area contributed by atoms with Gasteiger partial charge in [-0.05, 0) is 42.3 Å². The van der Waals surface area contributed by atoms with Crippen molar-refractivity contribution < 1.29 is 0 Å². The third kappa shape index (κ3) is 2.80. The summed E-state index contributed by atoms with van der Waals surface area (Å²) in [6, 6.07) is 16.5. The van der Waals surface area contributed by atoms with Crippen LogP contribution in [0.1, 0.15) is 11.1 Å². The van der Waals surface area contributed by atoms with Crippen LogP contribution in [0.3, 0.4) is 0 Å². The summed E-state index contributed by atoms with van der Waals surface area (Å²) in [5, 5.41) is 0. The number of hydrogen-bond donors (Lipinski definition) is 1. The van der Waals surface area contributed by atoms with Crippen molar-refractivity contribution >= 4 is 17.4 Å². The molecule has 0 bridgehead atoms. The second-order valence-electron chi connectivity index (χ2n) is 3.78. The molecule has 0 aliphatic rings. The Morgan fingerprint density at radius 3 is 2.38 bits per heavy atom. The molecule has 0 atom stereocenters. The lowest BCUT2D eigenvalue weighted by molar-refractivity contribution is 1.30. The van der Waals surface area contributed by atoms with Gasteiger partial charge in [0.25, 0.3) is 0 Å². The molecule has 2 heteroatoms. The van der Waals surface area contributed by atoms with Crippen LogP contribution in [-0.2, 0) is 5.75 Å². The van der Waals surface area contributed by atoms with Crippen molar-refractivity contribution in [3.8, 4) is 0 Å². The summed E-state index contributed by atoms with van der Waals surface area (Å²) in [5.74, 6) is 1.01. The molecule has 2 N–H and O–H groups in total. The fourth-order valence-corrected chi connectivity index (χ4v) is 2.47. The summed E-state index contributed by atoms with van der Waals surface area (Å²) in [7, 11) is 0. The molecule has 0 heterocycles. The number of hydrogen-bond acceptors (Lipinski definition) is 2. The van der Waals surface area contributed by atoms with Gasteiger partial charge in [-0.1, -0.05) is 24.3 Å². The van der Waals surface area contributed by atoms with E-state index in [1.807, 2.05) is 23.9 Å². The molecule has 2 aromatic rings. The van der Waals surface area contributed by atoms with Crippen LogP contribution in [0.5, 0.6) is 0 Å². The number of thioether (sulfide) groups is 1. The maximum absolute atomic E-state index is 5.65. The highest BCUT2D eigenvalue weighted by Gasteiger charge is 1.98. The Morgan fingerprint density at radius 2 is 1.69 bits per heavy atom. The van der Waals surface area contributed by atoms with Crippen molar-refractivity contribution in [3.05, 3.63) is 59.7 Å². The van der Waals surface area contributed by atoms with Crippen LogP contribution in [0.25, 0.3) is 0 Å². The van der Waals surface area contributed by atoms with Gasteiger partial charge in [-0.15, -0.1) is 11.8 Å². The van der Waals surface area contributed by atoms with Gasteiger partial charge in [-0.25, -0.2) is 0 Å². The maximum Gasteiger partial charge on any atom is 0.0314 e. The van der Waals surface area contributed by atoms with E-state index in [2.05, 4.69) is 43.3 Å². The molecule has 0 unspecified atom stereocenters. The third-order valence-corrected chi connectivity index (χ3v) is 3.60. The van der Waals surface area contributed by atoms with E-state index in [1.54, 1.807) is 0 Å². The molecule has 0 aliphatic carbocycles. The van der Waals surface area contributed by atoms with Crippen LogP contribution < -0.4 is 5.73 Å². The predicted octanol–water partition coefficient (Wildman–Crippen LogP) is 3.87. The van der Waals surface area contributed by atoms with E-state index in [-0.39, 0.29) is 0 Å². The number of nitrogens with two attached hydrogens (primary N) is 1. The molecule has 1 nitrogen and oxygen atoms in total. The summed E-state index contributed by atoms with van der Waals surface area (Å²) in [5.41, 5.74) is 9.21. The lowest BCUT2D eigenvalue weighted by atomic mass is 10.1. The van der Waals surface area contributed by atoms with Gasteiger partial charge < -0.3 is 5.73 Å². The number of aryl methyl sites for hydroxylation is 1. The van der Waals surface area contributed by atoms with Gasteiger partial charge in [0.2, 0.25) is 0 Å². The largest absolute Gasteiger partial charge is 0.399 e. The number of rotatable bonds is 3. The van der Waals surface area contributed by atoms with Gasteiger partial charge in [0.05, 0.1) is 0 Å². The molecule has 0 aromatic heterocycles. The Morgan fingerprint density at radius 1 is 1.00 bits per heavy atom. The maximum atomic E-state index is 5.65. The highest BCUT2D eigenvalue weighted by Crippen LogP contribution is 2.24. The Hall–Kier alpha value is -1.41. The SMILES string of the molecule is Cc1ccccc1CSc1ccc(N)cc1. The Balaban J connectivity index is 2.02. The van der Waals surface area contributed by atoms with Crippen molar-refractivity contribution in [1.29, 1.82) is 0 Å². The summed E-state index contributed by atoms with van der Waals surface area (Å²) in [4.78, 5) is 1.26. The molecule has 0 spiro atoms. The van der Waals surface area contributed by atoms with E-state index >= 15 is 0 Å². The quantitative estimate of drug-likeness (QED) is 0.638. The minimum atomic E-state index is 0.820. The molecular formula is C14H15NS. The fourth-order valence-electron chi connectivity index (χ4n) is 1.50. The monoisotopic (exact) mass is 229 g/mol. The number of anilines is 1. The zero-order chi connectivity index (χ0) is 11.4. The van der Waals surface area contributed by atoms with E-state index < -0.39 is 0 Å². The van der Waals surface area contributed by atoms with E-state index in [9.17, 15) is 0 Å². The van der Waals surface area contributed by atoms with Crippen molar-refractivity contribution in [2.45, 2.75) is 17.6 Å². The van der Waals surface area contributed by atoms with Crippen LogP contribution in [0.15, 0.2) is 53.4 Å². The molecule has 16 heavy (non-hydrogen) atoms. The van der Waals surface area contributed by atoms with E-state index in [1.165, 1.54) is 16.0 Å². The van der Waals surface area contributed by atoms with Crippen molar-refractivity contribution in [2.75, 3.05) is 5.73 Å². The van der Waals surface area contributed by atoms with Crippen molar-refractivity contribution in [2.24, 2.45) is 0 Å². The zero-order valence-electron chi connectivity index (χ0n) is 9.31. The van der Waals surface area contributed by atoms with Crippen LogP contribution in [0.2, 0.25) is 0 Å². The fraction of sp³-hybridized carbons (Fsp3) is 0.143. The number of nitrogen functional groups attached to an aromatic ring is 1. The summed E-state index contributed by atoms with van der Waals surface area (Å²) >= 11 is 1.84. The van der Waals surface area contributed by atoms with Gasteiger partial charge >= 0.3 is 0 Å². The molecule has 0 radical (unpaired) electrons. The molecule has 0 amide bonds. The van der Waals surface area contributed by atoms with Crippen LogP contribution in [-0.4, -0.2) is 0 Å². The molecule has 2 aromatic carbocycles. The molecule has 0 saturated carbocycles. The van der Waals surface area contributed by atoms with Crippen LogP contribution in [0.4, 0.5) is 5.69 Å². The zero-order valence-corrected chi connectivity index (χ0v) is 10.1. The Kier molecular flexibility index (Phi) is 3.52. The molecule has 82 valence electrons. The first-order valence-corrected chi connectivity index (χ1v) is 6.27. The molecule has 0 aliphatic heterocycles. The minimum absolute atomic E-state index is 0.820. The molecular weight excluding hydrogens is 214 g/mol. The highest BCUT2D eigenvalue weighted by molar-refractivity contribution is 7.98. The topological polar surface area (TPSA) is 26.0 Å². The smallest absolute Gasteiger partial charge is 0.0314 e. The second-order valence-corrected chi connectivity index (χ2v) is 4.83. The minimum Gasteiger partial charge on any atom is -0.399 e. The van der Waals surface area contributed by atoms with E-state index in [4.69, 9.17) is 5.73 Å². The third-order valence-electron chi connectivity index (χ3n) is 2.54. The van der Waals surface area contributed by atoms with Gasteiger partial charge in [-0.2, -0.15) is 0 Å². The lowest BCUT2D eigenvalue weighted by Crippen LogP contribution is -1.86. The summed E-state index contributed by atoms with van der Waals surface area (Å²) < 4.78 is 0. The average molecular weight is 229 g/mol. The van der Waals surface area contributed by atoms with E-state index in [0.717, 1.165) is 11.4 Å². The predicted molar refractivity (Wildman–Crippen MR) is 71.6 cm³/mol. The molecule has 0 fully saturated rings. The standard InChI is InChI=1S/C14H15NS/c1-11-4-2-3-5-12(11)10-16-14-8-6-13(15)7-9-14/h2-9H,10,15H2,1H3. The second kappa shape index (κ2) is 5.08. The normalized spacial score (nSPS) is 10.3. The van der Waals surface area contributed by atoms with Crippen molar-refractivity contribution in [3.63, 3.8) is 0 Å². The average Bonchev–Trinajstić information content (AvgIpc) is 2.30. The Bertz CT molecular complexity index is 462. The van der Waals surface area contributed by atoms with Gasteiger partial charge in [0.1, 0.15) is 0 Å². The molecule has 0 saturated heterocycles. The first kappa shape index (κ1) is 11.1. The van der Waals surface area contributed by atoms with Crippen molar-refractivity contribution in [1.82, 2.24) is 0 Å². The highest BCUT2D eigenvalue weighted by atomic mass is 32.2. The van der Waals surface area contributed by atoms with Crippen LogP contribution in [0, 0.1) is 6.92 Å². The van der Waals surface area contributed by atoms with E-state index in [0.29, 0.717) is 0 Å². The lowest BCUT2D eigenvalue weighted by Gasteiger charge is -2.05. The summed E-state index contributed by atoms with van der Waals surface area (Å²) in [6.07, 6.45) is 0. The molecule has 2 rings (SSSR count). The Labute approximate surface area is 101 Å². The van der Waals surface area contributed by atoms with Gasteiger partial charge in [0, 0.05) is 16.3 Å². The number of benzene rings is 2. The van der Waals surface area contributed by atoms with Gasteiger partial charge in [-0.3, -0.25) is 0 Å². The van der Waals surface area contributed by atoms with Gasteiger partial charge in [0.15, 0.2) is 0 Å². The first-order valence-electron chi connectivity index (χ1n) is 5.28. The summed E-state index contributed by atoms with van der Waals surface area (Å²) in [6.45, 7) is 2.15. The first-order chi connectivity index (χ1) is 7.75. The van der Waals surface area contributed by atoms with Crippen LogP contribution >= 0.6 is 11.8 Å².